The van der Waals surface area contributed by atoms with Crippen molar-refractivity contribution < 1.29 is 22.7 Å². The second kappa shape index (κ2) is 5.92. The number of amides is 1. The molecule has 3 nitrogen and oxygen atoms in total. The van der Waals surface area contributed by atoms with Gasteiger partial charge in [0.15, 0.2) is 0 Å². The Morgan fingerprint density at radius 2 is 2.32 bits per heavy atom. The Hall–Kier alpha value is -1.08. The van der Waals surface area contributed by atoms with Crippen LogP contribution < -0.4 is 0 Å². The van der Waals surface area contributed by atoms with Crippen molar-refractivity contribution in [2.45, 2.75) is 31.7 Å². The number of carbonyl (C=O) groups is 1. The van der Waals surface area contributed by atoms with E-state index in [2.05, 4.69) is 0 Å². The highest BCUT2D eigenvalue weighted by Gasteiger charge is 2.43. The van der Waals surface area contributed by atoms with Crippen LogP contribution >= 0.6 is 11.3 Å². The minimum Gasteiger partial charge on any atom is -0.376 e. The molecule has 0 bridgehead atoms. The number of halogens is 3. The van der Waals surface area contributed by atoms with Gasteiger partial charge in [0, 0.05) is 18.0 Å². The first-order valence-electron chi connectivity index (χ1n) is 5.97. The molecule has 19 heavy (non-hydrogen) atoms. The van der Waals surface area contributed by atoms with Gasteiger partial charge in [-0.05, 0) is 24.3 Å². The van der Waals surface area contributed by atoms with Gasteiger partial charge in [0.05, 0.1) is 12.6 Å². The van der Waals surface area contributed by atoms with E-state index in [4.69, 9.17) is 4.74 Å². The monoisotopic (exact) mass is 293 g/mol. The fourth-order valence-electron chi connectivity index (χ4n) is 2.02. The molecule has 0 aliphatic carbocycles. The SMILES string of the molecule is O=C(N(Cc1cccs1)CC1CCCO1)C(F)(F)F. The van der Waals surface area contributed by atoms with Crippen molar-refractivity contribution in [1.82, 2.24) is 4.90 Å². The lowest BCUT2D eigenvalue weighted by Gasteiger charge is -2.25. The molecule has 1 aliphatic rings. The molecule has 1 aromatic rings. The maximum absolute atomic E-state index is 12.6. The van der Waals surface area contributed by atoms with Crippen molar-refractivity contribution in [2.24, 2.45) is 0 Å². The van der Waals surface area contributed by atoms with Gasteiger partial charge in [0.2, 0.25) is 0 Å². The summed E-state index contributed by atoms with van der Waals surface area (Å²) >= 11 is 1.34. The first-order chi connectivity index (χ1) is 8.97. The van der Waals surface area contributed by atoms with Crippen molar-refractivity contribution in [2.75, 3.05) is 13.2 Å². The standard InChI is InChI=1S/C12H14F3NO2S/c13-12(14,15)11(17)16(7-9-3-1-5-18-9)8-10-4-2-6-19-10/h2,4,6,9H,1,3,5,7-8H2. The van der Waals surface area contributed by atoms with Crippen LogP contribution in [0.25, 0.3) is 0 Å². The Balaban J connectivity index is 2.05. The maximum Gasteiger partial charge on any atom is 0.471 e. The summed E-state index contributed by atoms with van der Waals surface area (Å²) in [6, 6.07) is 3.47. The highest BCUT2D eigenvalue weighted by atomic mass is 32.1. The van der Waals surface area contributed by atoms with Crippen LogP contribution in [0.4, 0.5) is 13.2 Å². The van der Waals surface area contributed by atoms with Crippen molar-refractivity contribution in [3.63, 3.8) is 0 Å². The summed E-state index contributed by atoms with van der Waals surface area (Å²) in [5, 5.41) is 1.78. The van der Waals surface area contributed by atoms with Crippen LogP contribution in [0.15, 0.2) is 17.5 Å². The Labute approximate surface area is 113 Å². The molecule has 1 aromatic heterocycles. The van der Waals surface area contributed by atoms with E-state index >= 15 is 0 Å². The van der Waals surface area contributed by atoms with Gasteiger partial charge in [-0.25, -0.2) is 0 Å². The molecule has 0 saturated carbocycles. The van der Waals surface area contributed by atoms with Gasteiger partial charge in [-0.15, -0.1) is 11.3 Å². The highest BCUT2D eigenvalue weighted by molar-refractivity contribution is 7.09. The fraction of sp³-hybridized carbons (Fsp3) is 0.583. The van der Waals surface area contributed by atoms with E-state index in [0.717, 1.165) is 16.2 Å². The van der Waals surface area contributed by atoms with Gasteiger partial charge in [-0.1, -0.05) is 6.07 Å². The average molecular weight is 293 g/mol. The van der Waals surface area contributed by atoms with E-state index in [1.54, 1.807) is 17.5 Å². The second-order valence-corrected chi connectivity index (χ2v) is 5.43. The second-order valence-electron chi connectivity index (χ2n) is 4.40. The molecule has 2 rings (SSSR count). The molecule has 1 amide bonds. The smallest absolute Gasteiger partial charge is 0.376 e. The molecule has 0 aromatic carbocycles. The highest BCUT2D eigenvalue weighted by Crippen LogP contribution is 2.23. The van der Waals surface area contributed by atoms with E-state index in [1.165, 1.54) is 11.3 Å². The summed E-state index contributed by atoms with van der Waals surface area (Å²) in [6.45, 7) is 0.532. The predicted octanol–water partition coefficient (Wildman–Crippen LogP) is 2.82. The molecule has 0 spiro atoms. The molecule has 1 unspecified atom stereocenters. The molecular weight excluding hydrogens is 279 g/mol. The molecule has 2 heterocycles. The topological polar surface area (TPSA) is 29.5 Å². The summed E-state index contributed by atoms with van der Waals surface area (Å²) in [7, 11) is 0. The summed E-state index contributed by atoms with van der Waals surface area (Å²) in [4.78, 5) is 13.0. The van der Waals surface area contributed by atoms with Crippen molar-refractivity contribution >= 4 is 17.2 Å². The third kappa shape index (κ3) is 3.94. The van der Waals surface area contributed by atoms with Crippen LogP contribution in [-0.4, -0.2) is 36.2 Å². The van der Waals surface area contributed by atoms with Crippen LogP contribution in [0.2, 0.25) is 0 Å². The van der Waals surface area contributed by atoms with Gasteiger partial charge >= 0.3 is 12.1 Å². The van der Waals surface area contributed by atoms with E-state index in [-0.39, 0.29) is 19.2 Å². The normalized spacial score (nSPS) is 19.6. The number of hydrogen-bond acceptors (Lipinski definition) is 3. The summed E-state index contributed by atoms with van der Waals surface area (Å²) in [5.41, 5.74) is 0. The number of thiophene rings is 1. The largest absolute Gasteiger partial charge is 0.471 e. The van der Waals surface area contributed by atoms with Gasteiger partial charge in [0.25, 0.3) is 0 Å². The van der Waals surface area contributed by atoms with Crippen LogP contribution in [-0.2, 0) is 16.1 Å². The lowest BCUT2D eigenvalue weighted by atomic mass is 10.2. The Kier molecular flexibility index (Phi) is 4.46. The van der Waals surface area contributed by atoms with E-state index in [9.17, 15) is 18.0 Å². The van der Waals surface area contributed by atoms with Gasteiger partial charge in [-0.3, -0.25) is 4.79 Å². The zero-order valence-corrected chi connectivity index (χ0v) is 11.0. The first-order valence-corrected chi connectivity index (χ1v) is 6.85. The molecule has 106 valence electrons. The molecule has 1 aliphatic heterocycles. The van der Waals surface area contributed by atoms with Gasteiger partial charge in [-0.2, -0.15) is 13.2 Å². The molecule has 1 saturated heterocycles. The molecule has 1 fully saturated rings. The van der Waals surface area contributed by atoms with Crippen LogP contribution in [0.5, 0.6) is 0 Å². The average Bonchev–Trinajstić information content (AvgIpc) is 2.98. The van der Waals surface area contributed by atoms with E-state index in [0.29, 0.717) is 13.0 Å². The van der Waals surface area contributed by atoms with Crippen LogP contribution in [0.1, 0.15) is 17.7 Å². The predicted molar refractivity (Wildman–Crippen MR) is 64.8 cm³/mol. The quantitative estimate of drug-likeness (QED) is 0.854. The molecule has 0 radical (unpaired) electrons. The minimum atomic E-state index is -4.84. The molecular formula is C12H14F3NO2S. The number of hydrogen-bond donors (Lipinski definition) is 0. The Morgan fingerprint density at radius 1 is 1.53 bits per heavy atom. The van der Waals surface area contributed by atoms with Gasteiger partial charge in [0.1, 0.15) is 0 Å². The third-order valence-corrected chi connectivity index (χ3v) is 3.77. The number of carbonyl (C=O) groups excluding carboxylic acids is 1. The van der Waals surface area contributed by atoms with E-state index in [1.807, 2.05) is 0 Å². The van der Waals surface area contributed by atoms with Crippen molar-refractivity contribution in [3.8, 4) is 0 Å². The maximum atomic E-state index is 12.6. The number of ether oxygens (including phenoxy) is 1. The van der Waals surface area contributed by atoms with E-state index < -0.39 is 12.1 Å². The molecule has 1 atom stereocenters. The lowest BCUT2D eigenvalue weighted by Crippen LogP contribution is -2.44. The minimum absolute atomic E-state index is 0.00373. The van der Waals surface area contributed by atoms with Crippen LogP contribution in [0, 0.1) is 0 Å². The Morgan fingerprint density at radius 3 is 2.84 bits per heavy atom. The fourth-order valence-corrected chi connectivity index (χ4v) is 2.74. The molecule has 0 N–H and O–H groups in total. The zero-order valence-electron chi connectivity index (χ0n) is 10.2. The summed E-state index contributed by atoms with van der Waals surface area (Å²) in [5.74, 6) is -1.80. The van der Waals surface area contributed by atoms with Crippen LogP contribution in [0.3, 0.4) is 0 Å². The lowest BCUT2D eigenvalue weighted by molar-refractivity contribution is -0.187. The van der Waals surface area contributed by atoms with Crippen molar-refractivity contribution in [3.05, 3.63) is 22.4 Å². The third-order valence-electron chi connectivity index (χ3n) is 2.90. The zero-order chi connectivity index (χ0) is 13.9. The molecule has 7 heteroatoms. The number of rotatable bonds is 4. The summed E-state index contributed by atoms with van der Waals surface area (Å²) in [6.07, 6.45) is -3.59. The number of alkyl halides is 3. The van der Waals surface area contributed by atoms with Crippen molar-refractivity contribution in [1.29, 1.82) is 0 Å². The first kappa shape index (κ1) is 14.3. The summed E-state index contributed by atoms with van der Waals surface area (Å²) < 4.78 is 43.0. The Bertz CT molecular complexity index is 413. The number of nitrogens with zero attached hydrogens (tertiary/aromatic N) is 1. The van der Waals surface area contributed by atoms with Gasteiger partial charge < -0.3 is 9.64 Å².